The summed E-state index contributed by atoms with van der Waals surface area (Å²) in [6.45, 7) is 1.86. The summed E-state index contributed by atoms with van der Waals surface area (Å²) in [4.78, 5) is 4.39. The zero-order valence-electron chi connectivity index (χ0n) is 11.5. The number of aromatic nitrogens is 1. The molecular formula is C17H14ClNO2. The van der Waals surface area contributed by atoms with Crippen molar-refractivity contribution in [2.75, 3.05) is 0 Å². The van der Waals surface area contributed by atoms with Gasteiger partial charge in [-0.2, -0.15) is 0 Å². The second-order valence-electron chi connectivity index (χ2n) is 4.60. The summed E-state index contributed by atoms with van der Waals surface area (Å²) in [6.07, 6.45) is 0. The maximum Gasteiger partial charge on any atom is 0.226 e. The quantitative estimate of drug-likeness (QED) is 0.623. The van der Waals surface area contributed by atoms with Gasteiger partial charge in [-0.1, -0.05) is 24.3 Å². The molecule has 106 valence electrons. The van der Waals surface area contributed by atoms with Crippen LogP contribution in [-0.2, 0) is 5.88 Å². The number of alkyl halides is 1. The molecule has 0 N–H and O–H groups in total. The summed E-state index contributed by atoms with van der Waals surface area (Å²) < 4.78 is 11.5. The number of hydrogen-bond acceptors (Lipinski definition) is 3. The summed E-state index contributed by atoms with van der Waals surface area (Å²) in [5.41, 5.74) is 1.63. The Balaban J connectivity index is 1.89. The lowest BCUT2D eigenvalue weighted by Gasteiger charge is -2.06. The molecule has 0 aliphatic heterocycles. The molecule has 0 aliphatic carbocycles. The fraction of sp³-hybridized carbons (Fsp3) is 0.118. The largest absolute Gasteiger partial charge is 0.457 e. The molecule has 21 heavy (non-hydrogen) atoms. The predicted molar refractivity (Wildman–Crippen MR) is 82.7 cm³/mol. The summed E-state index contributed by atoms with van der Waals surface area (Å²) >= 11 is 5.82. The molecule has 0 amide bonds. The molecule has 0 unspecified atom stereocenters. The minimum atomic E-state index is 0.343. The average Bonchev–Trinajstić information content (AvgIpc) is 2.90. The van der Waals surface area contributed by atoms with Crippen molar-refractivity contribution in [1.82, 2.24) is 4.98 Å². The number of rotatable bonds is 4. The fourth-order valence-electron chi connectivity index (χ4n) is 1.99. The molecule has 0 atom stereocenters. The van der Waals surface area contributed by atoms with Gasteiger partial charge in [0.2, 0.25) is 5.89 Å². The Morgan fingerprint density at radius 3 is 2.52 bits per heavy atom. The number of halogens is 1. The average molecular weight is 300 g/mol. The highest BCUT2D eigenvalue weighted by atomic mass is 35.5. The smallest absolute Gasteiger partial charge is 0.226 e. The van der Waals surface area contributed by atoms with Crippen molar-refractivity contribution < 1.29 is 9.15 Å². The third-order valence-electron chi connectivity index (χ3n) is 3.08. The molecule has 1 heterocycles. The first-order valence-electron chi connectivity index (χ1n) is 6.62. The monoisotopic (exact) mass is 299 g/mol. The standard InChI is InChI=1S/C17H14ClNO2/c1-12-16(11-18)19-17(20-12)13-6-5-9-15(10-13)21-14-7-3-2-4-8-14/h2-10H,11H2,1H3. The molecule has 1 aromatic heterocycles. The number of para-hydroxylation sites is 1. The molecule has 0 bridgehead atoms. The van der Waals surface area contributed by atoms with E-state index >= 15 is 0 Å². The lowest BCUT2D eigenvalue weighted by Crippen LogP contribution is -1.85. The Labute approximate surface area is 128 Å². The molecule has 0 saturated heterocycles. The van der Waals surface area contributed by atoms with Crippen LogP contribution in [0.1, 0.15) is 11.5 Å². The van der Waals surface area contributed by atoms with Crippen molar-refractivity contribution in [3.8, 4) is 23.0 Å². The molecular weight excluding hydrogens is 286 g/mol. The van der Waals surface area contributed by atoms with E-state index in [0.29, 0.717) is 11.8 Å². The van der Waals surface area contributed by atoms with Gasteiger partial charge >= 0.3 is 0 Å². The Kier molecular flexibility index (Phi) is 3.93. The molecule has 3 nitrogen and oxygen atoms in total. The van der Waals surface area contributed by atoms with Crippen LogP contribution in [0.25, 0.3) is 11.5 Å². The molecule has 0 radical (unpaired) electrons. The van der Waals surface area contributed by atoms with Crippen molar-refractivity contribution in [3.05, 3.63) is 66.1 Å². The molecule has 0 fully saturated rings. The van der Waals surface area contributed by atoms with E-state index in [0.717, 1.165) is 28.5 Å². The Morgan fingerprint density at radius 1 is 1.05 bits per heavy atom. The van der Waals surface area contributed by atoms with Crippen LogP contribution in [0.5, 0.6) is 11.5 Å². The van der Waals surface area contributed by atoms with E-state index in [9.17, 15) is 0 Å². The van der Waals surface area contributed by atoms with E-state index in [4.69, 9.17) is 20.8 Å². The summed E-state index contributed by atoms with van der Waals surface area (Å²) in [7, 11) is 0. The maximum absolute atomic E-state index is 5.82. The van der Waals surface area contributed by atoms with Gasteiger partial charge in [-0.15, -0.1) is 11.6 Å². The molecule has 0 aliphatic rings. The highest BCUT2D eigenvalue weighted by Gasteiger charge is 2.11. The summed E-state index contributed by atoms with van der Waals surface area (Å²) in [6, 6.07) is 17.3. The van der Waals surface area contributed by atoms with Crippen molar-refractivity contribution in [3.63, 3.8) is 0 Å². The third kappa shape index (κ3) is 3.09. The number of aryl methyl sites for hydroxylation is 1. The van der Waals surface area contributed by atoms with Crippen LogP contribution in [0.4, 0.5) is 0 Å². The Bertz CT molecular complexity index is 738. The number of ether oxygens (including phenoxy) is 1. The van der Waals surface area contributed by atoms with E-state index < -0.39 is 0 Å². The van der Waals surface area contributed by atoms with Gasteiger partial charge in [0.15, 0.2) is 0 Å². The zero-order valence-corrected chi connectivity index (χ0v) is 12.3. The van der Waals surface area contributed by atoms with Crippen molar-refractivity contribution in [1.29, 1.82) is 0 Å². The third-order valence-corrected chi connectivity index (χ3v) is 3.33. The first-order chi connectivity index (χ1) is 10.3. The SMILES string of the molecule is Cc1oc(-c2cccc(Oc3ccccc3)c2)nc1CCl. The molecule has 0 spiro atoms. The van der Waals surface area contributed by atoms with Crippen molar-refractivity contribution >= 4 is 11.6 Å². The van der Waals surface area contributed by atoms with Crippen molar-refractivity contribution in [2.24, 2.45) is 0 Å². The van der Waals surface area contributed by atoms with Gasteiger partial charge in [0, 0.05) is 5.56 Å². The number of benzene rings is 2. The van der Waals surface area contributed by atoms with Crippen LogP contribution in [0, 0.1) is 6.92 Å². The summed E-state index contributed by atoms with van der Waals surface area (Å²) in [5, 5.41) is 0. The first kappa shape index (κ1) is 13.7. The van der Waals surface area contributed by atoms with Gasteiger partial charge in [-0.05, 0) is 37.3 Å². The van der Waals surface area contributed by atoms with E-state index in [1.807, 2.05) is 61.5 Å². The van der Waals surface area contributed by atoms with Gasteiger partial charge in [0.25, 0.3) is 0 Å². The van der Waals surface area contributed by atoms with E-state index in [2.05, 4.69) is 4.98 Å². The van der Waals surface area contributed by atoms with Gasteiger partial charge < -0.3 is 9.15 Å². The van der Waals surface area contributed by atoms with Crippen LogP contribution in [0.2, 0.25) is 0 Å². The van der Waals surface area contributed by atoms with Gasteiger partial charge in [0.05, 0.1) is 11.6 Å². The molecule has 2 aromatic carbocycles. The van der Waals surface area contributed by atoms with Crippen LogP contribution in [0.15, 0.2) is 59.0 Å². The summed E-state index contributed by atoms with van der Waals surface area (Å²) in [5.74, 6) is 3.17. The Morgan fingerprint density at radius 2 is 1.81 bits per heavy atom. The maximum atomic E-state index is 5.82. The first-order valence-corrected chi connectivity index (χ1v) is 7.15. The lowest BCUT2D eigenvalue weighted by molar-refractivity contribution is 0.482. The van der Waals surface area contributed by atoms with Crippen LogP contribution in [0.3, 0.4) is 0 Å². The van der Waals surface area contributed by atoms with Crippen molar-refractivity contribution in [2.45, 2.75) is 12.8 Å². The van der Waals surface area contributed by atoms with Crippen LogP contribution in [-0.4, -0.2) is 4.98 Å². The molecule has 4 heteroatoms. The van der Waals surface area contributed by atoms with Gasteiger partial charge in [-0.25, -0.2) is 4.98 Å². The van der Waals surface area contributed by atoms with Crippen LogP contribution < -0.4 is 4.74 Å². The number of hydrogen-bond donors (Lipinski definition) is 0. The fourth-order valence-corrected chi connectivity index (χ4v) is 2.24. The second-order valence-corrected chi connectivity index (χ2v) is 4.87. The zero-order chi connectivity index (χ0) is 14.7. The Hall–Kier alpha value is -2.26. The van der Waals surface area contributed by atoms with E-state index in [1.165, 1.54) is 0 Å². The molecule has 0 saturated carbocycles. The second kappa shape index (κ2) is 6.02. The van der Waals surface area contributed by atoms with E-state index in [1.54, 1.807) is 0 Å². The number of oxazole rings is 1. The highest BCUT2D eigenvalue weighted by Crippen LogP contribution is 2.28. The number of nitrogens with zero attached hydrogens (tertiary/aromatic N) is 1. The minimum Gasteiger partial charge on any atom is -0.457 e. The highest BCUT2D eigenvalue weighted by molar-refractivity contribution is 6.16. The minimum absolute atomic E-state index is 0.343. The van der Waals surface area contributed by atoms with Gasteiger partial charge in [0.1, 0.15) is 17.3 Å². The van der Waals surface area contributed by atoms with Crippen LogP contribution >= 0.6 is 11.6 Å². The molecule has 3 aromatic rings. The lowest BCUT2D eigenvalue weighted by atomic mass is 10.2. The molecule has 3 rings (SSSR count). The predicted octanol–water partition coefficient (Wildman–Crippen LogP) is 5.18. The van der Waals surface area contributed by atoms with Gasteiger partial charge in [-0.3, -0.25) is 0 Å². The van der Waals surface area contributed by atoms with E-state index in [-0.39, 0.29) is 0 Å². The normalized spacial score (nSPS) is 10.6. The topological polar surface area (TPSA) is 35.3 Å².